The number of carbonyl (C=O) groups excluding carboxylic acids is 1. The molecule has 0 radical (unpaired) electrons. The van der Waals surface area contributed by atoms with Gasteiger partial charge in [0.05, 0.1) is 5.41 Å². The SMILES string of the molecule is CC1(C(=O)N2CCC3(CCOCC3)C2)CCNC1. The van der Waals surface area contributed by atoms with Gasteiger partial charge in [0.25, 0.3) is 0 Å². The lowest BCUT2D eigenvalue weighted by molar-refractivity contribution is -0.139. The summed E-state index contributed by atoms with van der Waals surface area (Å²) in [4.78, 5) is 14.8. The van der Waals surface area contributed by atoms with Gasteiger partial charge in [0, 0.05) is 32.8 Å². The number of ether oxygens (including phenoxy) is 1. The Bertz CT molecular complexity index is 331. The molecule has 1 amide bonds. The number of nitrogens with zero attached hydrogens (tertiary/aromatic N) is 1. The predicted molar refractivity (Wildman–Crippen MR) is 69.3 cm³/mol. The summed E-state index contributed by atoms with van der Waals surface area (Å²) in [5, 5.41) is 3.32. The molecule has 1 spiro atoms. The molecule has 0 aromatic carbocycles. The van der Waals surface area contributed by atoms with Gasteiger partial charge in [-0.2, -0.15) is 0 Å². The van der Waals surface area contributed by atoms with Crippen LogP contribution in [0.1, 0.15) is 32.6 Å². The maximum absolute atomic E-state index is 12.7. The minimum absolute atomic E-state index is 0.156. The Morgan fingerprint density at radius 1 is 1.22 bits per heavy atom. The van der Waals surface area contributed by atoms with Crippen molar-refractivity contribution in [3.05, 3.63) is 0 Å². The van der Waals surface area contributed by atoms with E-state index in [2.05, 4.69) is 17.1 Å². The van der Waals surface area contributed by atoms with Crippen molar-refractivity contribution in [2.45, 2.75) is 32.6 Å². The Kier molecular flexibility index (Phi) is 3.10. The number of hydrogen-bond acceptors (Lipinski definition) is 3. The molecule has 3 fully saturated rings. The van der Waals surface area contributed by atoms with Crippen LogP contribution in [0.2, 0.25) is 0 Å². The van der Waals surface area contributed by atoms with Crippen molar-refractivity contribution >= 4 is 5.91 Å². The number of amides is 1. The van der Waals surface area contributed by atoms with Crippen LogP contribution in [0.15, 0.2) is 0 Å². The Balaban J connectivity index is 1.66. The summed E-state index contributed by atoms with van der Waals surface area (Å²) in [6.07, 6.45) is 4.42. The van der Waals surface area contributed by atoms with Crippen molar-refractivity contribution in [2.24, 2.45) is 10.8 Å². The molecular weight excluding hydrogens is 228 g/mol. The van der Waals surface area contributed by atoms with Crippen LogP contribution in [0, 0.1) is 10.8 Å². The van der Waals surface area contributed by atoms with Crippen molar-refractivity contribution in [3.63, 3.8) is 0 Å². The third-order valence-corrected chi connectivity index (χ3v) is 5.16. The van der Waals surface area contributed by atoms with Gasteiger partial charge in [-0.05, 0) is 44.6 Å². The van der Waals surface area contributed by atoms with Crippen LogP contribution in [0.5, 0.6) is 0 Å². The van der Waals surface area contributed by atoms with E-state index in [1.807, 2.05) is 0 Å². The topological polar surface area (TPSA) is 41.6 Å². The van der Waals surface area contributed by atoms with E-state index in [4.69, 9.17) is 4.74 Å². The largest absolute Gasteiger partial charge is 0.381 e. The number of rotatable bonds is 1. The van der Waals surface area contributed by atoms with Crippen molar-refractivity contribution in [2.75, 3.05) is 39.4 Å². The molecule has 18 heavy (non-hydrogen) atoms. The summed E-state index contributed by atoms with van der Waals surface area (Å²) in [5.74, 6) is 0.371. The maximum atomic E-state index is 12.7. The van der Waals surface area contributed by atoms with Crippen LogP contribution in [-0.2, 0) is 9.53 Å². The van der Waals surface area contributed by atoms with E-state index in [1.165, 1.54) is 6.42 Å². The quantitative estimate of drug-likeness (QED) is 0.757. The molecule has 1 N–H and O–H groups in total. The Labute approximate surface area is 109 Å². The first kappa shape index (κ1) is 12.4. The summed E-state index contributed by atoms with van der Waals surface area (Å²) in [5.41, 5.74) is 0.215. The van der Waals surface area contributed by atoms with Gasteiger partial charge in [-0.15, -0.1) is 0 Å². The minimum Gasteiger partial charge on any atom is -0.381 e. The van der Waals surface area contributed by atoms with Crippen LogP contribution < -0.4 is 5.32 Å². The highest BCUT2D eigenvalue weighted by molar-refractivity contribution is 5.83. The van der Waals surface area contributed by atoms with Gasteiger partial charge in [0.2, 0.25) is 5.91 Å². The fourth-order valence-electron chi connectivity index (χ4n) is 3.70. The lowest BCUT2D eigenvalue weighted by atomic mass is 9.79. The lowest BCUT2D eigenvalue weighted by Gasteiger charge is -2.34. The Hall–Kier alpha value is -0.610. The normalized spacial score (nSPS) is 35.3. The van der Waals surface area contributed by atoms with Gasteiger partial charge in [0.1, 0.15) is 0 Å². The van der Waals surface area contributed by atoms with Crippen LogP contribution in [0.4, 0.5) is 0 Å². The van der Waals surface area contributed by atoms with E-state index in [0.717, 1.165) is 58.7 Å². The van der Waals surface area contributed by atoms with E-state index >= 15 is 0 Å². The van der Waals surface area contributed by atoms with Crippen molar-refractivity contribution in [3.8, 4) is 0 Å². The van der Waals surface area contributed by atoms with Gasteiger partial charge in [-0.1, -0.05) is 0 Å². The number of hydrogen-bond donors (Lipinski definition) is 1. The number of carbonyl (C=O) groups is 1. The minimum atomic E-state index is -0.156. The van der Waals surface area contributed by atoms with E-state index < -0.39 is 0 Å². The molecule has 0 bridgehead atoms. The predicted octanol–water partition coefficient (Wildman–Crippen LogP) is 1.02. The standard InChI is InChI=1S/C14H24N2O2/c1-13(2-6-15-10-13)12(17)16-7-3-14(11-16)4-8-18-9-5-14/h15H,2-11H2,1H3. The van der Waals surface area contributed by atoms with Crippen LogP contribution >= 0.6 is 0 Å². The Morgan fingerprint density at radius 3 is 2.67 bits per heavy atom. The molecule has 3 aliphatic heterocycles. The van der Waals surface area contributed by atoms with E-state index in [0.29, 0.717) is 11.3 Å². The highest BCUT2D eigenvalue weighted by Crippen LogP contribution is 2.41. The fraction of sp³-hybridized carbons (Fsp3) is 0.929. The second-order valence-corrected chi connectivity index (χ2v) is 6.58. The molecular formula is C14H24N2O2. The second kappa shape index (κ2) is 4.49. The molecule has 3 saturated heterocycles. The summed E-state index contributed by atoms with van der Waals surface area (Å²) >= 11 is 0. The Morgan fingerprint density at radius 2 is 2.00 bits per heavy atom. The summed E-state index contributed by atoms with van der Waals surface area (Å²) < 4.78 is 5.46. The monoisotopic (exact) mass is 252 g/mol. The van der Waals surface area contributed by atoms with Crippen molar-refractivity contribution < 1.29 is 9.53 Å². The lowest BCUT2D eigenvalue weighted by Crippen LogP contribution is -2.44. The van der Waals surface area contributed by atoms with Crippen LogP contribution in [0.25, 0.3) is 0 Å². The molecule has 3 heterocycles. The molecule has 4 heteroatoms. The molecule has 3 aliphatic rings. The van der Waals surface area contributed by atoms with E-state index in [9.17, 15) is 4.79 Å². The molecule has 102 valence electrons. The molecule has 4 nitrogen and oxygen atoms in total. The first-order valence-electron chi connectivity index (χ1n) is 7.22. The zero-order valence-corrected chi connectivity index (χ0v) is 11.3. The zero-order valence-electron chi connectivity index (χ0n) is 11.3. The fourth-order valence-corrected chi connectivity index (χ4v) is 3.70. The molecule has 0 saturated carbocycles. The first-order valence-corrected chi connectivity index (χ1v) is 7.22. The molecule has 0 aromatic heterocycles. The number of nitrogens with one attached hydrogen (secondary N) is 1. The first-order chi connectivity index (χ1) is 8.64. The van der Waals surface area contributed by atoms with Gasteiger partial charge in [-0.3, -0.25) is 4.79 Å². The highest BCUT2D eigenvalue weighted by atomic mass is 16.5. The van der Waals surface area contributed by atoms with Gasteiger partial charge < -0.3 is 15.0 Å². The van der Waals surface area contributed by atoms with Crippen molar-refractivity contribution in [1.29, 1.82) is 0 Å². The summed E-state index contributed by atoms with van der Waals surface area (Å²) in [6, 6.07) is 0. The van der Waals surface area contributed by atoms with Gasteiger partial charge in [-0.25, -0.2) is 0 Å². The molecule has 1 unspecified atom stereocenters. The smallest absolute Gasteiger partial charge is 0.229 e. The molecule has 0 aliphatic carbocycles. The van der Waals surface area contributed by atoms with E-state index in [1.54, 1.807) is 0 Å². The van der Waals surface area contributed by atoms with Gasteiger partial charge in [0.15, 0.2) is 0 Å². The second-order valence-electron chi connectivity index (χ2n) is 6.58. The van der Waals surface area contributed by atoms with Gasteiger partial charge >= 0.3 is 0 Å². The van der Waals surface area contributed by atoms with Crippen LogP contribution in [0.3, 0.4) is 0 Å². The van der Waals surface area contributed by atoms with Crippen molar-refractivity contribution in [1.82, 2.24) is 10.2 Å². The summed E-state index contributed by atoms with van der Waals surface area (Å²) in [6.45, 7) is 7.61. The number of likely N-dealkylation sites (tertiary alicyclic amines) is 1. The maximum Gasteiger partial charge on any atom is 0.229 e. The van der Waals surface area contributed by atoms with E-state index in [-0.39, 0.29) is 5.41 Å². The zero-order chi connectivity index (χ0) is 12.6. The third-order valence-electron chi connectivity index (χ3n) is 5.16. The molecule has 3 rings (SSSR count). The average molecular weight is 252 g/mol. The molecule has 1 atom stereocenters. The summed E-state index contributed by atoms with van der Waals surface area (Å²) in [7, 11) is 0. The average Bonchev–Trinajstić information content (AvgIpc) is 2.98. The molecule has 0 aromatic rings. The third kappa shape index (κ3) is 2.05. The van der Waals surface area contributed by atoms with Crippen LogP contribution in [-0.4, -0.2) is 50.2 Å². The highest BCUT2D eigenvalue weighted by Gasteiger charge is 2.46.